The number of methoxy groups -OCH3 is 1. The van der Waals surface area contributed by atoms with Crippen molar-refractivity contribution in [2.75, 3.05) is 32.1 Å². The maximum absolute atomic E-state index is 12.4. The normalized spacial score (nSPS) is 15.2. The fraction of sp³-hybridized carbons (Fsp3) is 0.700. The Balaban J connectivity index is 1.70. The first-order valence-corrected chi connectivity index (χ1v) is 11.4. The molecule has 1 aliphatic carbocycles. The maximum atomic E-state index is 12.4. The minimum absolute atomic E-state index is 0.172. The van der Waals surface area contributed by atoms with Crippen LogP contribution in [0.15, 0.2) is 11.4 Å². The van der Waals surface area contributed by atoms with Crippen molar-refractivity contribution >= 4 is 34.5 Å². The lowest BCUT2D eigenvalue weighted by molar-refractivity contribution is -0.125. The molecule has 0 saturated heterocycles. The second-order valence-corrected chi connectivity index (χ2v) is 9.22. The number of hydrogen-bond donors (Lipinski definition) is 2. The minimum Gasteiger partial charge on any atom is -0.383 e. The first kappa shape index (κ1) is 21.8. The van der Waals surface area contributed by atoms with Gasteiger partial charge in [0.25, 0.3) is 0 Å². The van der Waals surface area contributed by atoms with Crippen LogP contribution >= 0.6 is 11.8 Å². The molecule has 2 N–H and O–H groups in total. The van der Waals surface area contributed by atoms with E-state index in [4.69, 9.17) is 9.72 Å². The van der Waals surface area contributed by atoms with Crippen molar-refractivity contribution in [3.05, 3.63) is 6.20 Å². The molecule has 2 aromatic heterocycles. The highest BCUT2D eigenvalue weighted by Crippen LogP contribution is 2.26. The van der Waals surface area contributed by atoms with Crippen LogP contribution in [0.4, 0.5) is 5.82 Å². The van der Waals surface area contributed by atoms with Crippen LogP contribution in [0.5, 0.6) is 0 Å². The third kappa shape index (κ3) is 6.05. The van der Waals surface area contributed by atoms with Crippen molar-refractivity contribution in [1.82, 2.24) is 25.1 Å². The number of hydrogen-bond acceptors (Lipinski definition) is 7. The molecule has 9 heteroatoms. The number of carbonyl (C=O) groups is 1. The summed E-state index contributed by atoms with van der Waals surface area (Å²) >= 11 is 1.62. The van der Waals surface area contributed by atoms with E-state index >= 15 is 0 Å². The standard InChI is InChI=1S/C20H32N6O2S/c1-14(2)29-20-24-17(21-10-12-28-3)16-13-23-26(18(16)25-20)11-9-22-19(27)15-7-5-4-6-8-15/h13-15H,4-12H2,1-3H3,(H,22,27)(H,21,24,25). The van der Waals surface area contributed by atoms with Crippen molar-refractivity contribution in [3.8, 4) is 0 Å². The molecule has 3 rings (SSSR count). The van der Waals surface area contributed by atoms with E-state index in [1.807, 2.05) is 4.68 Å². The molecule has 0 spiro atoms. The Kier molecular flexibility index (Phi) is 8.11. The quantitative estimate of drug-likeness (QED) is 0.346. The van der Waals surface area contributed by atoms with Crippen LogP contribution in [-0.2, 0) is 16.1 Å². The monoisotopic (exact) mass is 420 g/mol. The van der Waals surface area contributed by atoms with E-state index in [2.05, 4.69) is 34.6 Å². The van der Waals surface area contributed by atoms with Crippen molar-refractivity contribution in [1.29, 1.82) is 0 Å². The molecule has 0 radical (unpaired) electrons. The second kappa shape index (κ2) is 10.8. The van der Waals surface area contributed by atoms with Gasteiger partial charge in [-0.3, -0.25) is 4.79 Å². The summed E-state index contributed by atoms with van der Waals surface area (Å²) in [5.74, 6) is 1.12. The van der Waals surface area contributed by atoms with E-state index < -0.39 is 0 Å². The van der Waals surface area contributed by atoms with Gasteiger partial charge in [0.15, 0.2) is 10.8 Å². The molecule has 2 aromatic rings. The van der Waals surface area contributed by atoms with Crippen molar-refractivity contribution in [3.63, 3.8) is 0 Å². The van der Waals surface area contributed by atoms with E-state index in [-0.39, 0.29) is 11.8 Å². The van der Waals surface area contributed by atoms with Gasteiger partial charge >= 0.3 is 0 Å². The van der Waals surface area contributed by atoms with Gasteiger partial charge in [0.05, 0.1) is 24.7 Å². The smallest absolute Gasteiger partial charge is 0.223 e. The zero-order valence-electron chi connectivity index (χ0n) is 17.6. The van der Waals surface area contributed by atoms with Crippen LogP contribution in [0.3, 0.4) is 0 Å². The Labute approximate surface area is 176 Å². The molecule has 0 unspecified atom stereocenters. The number of nitrogens with zero attached hydrogens (tertiary/aromatic N) is 4. The topological polar surface area (TPSA) is 94.0 Å². The predicted octanol–water partition coefficient (Wildman–Crippen LogP) is 3.08. The van der Waals surface area contributed by atoms with Crippen molar-refractivity contribution in [2.24, 2.45) is 5.92 Å². The Morgan fingerprint density at radius 2 is 2.07 bits per heavy atom. The summed E-state index contributed by atoms with van der Waals surface area (Å²) in [6.45, 7) is 6.64. The van der Waals surface area contributed by atoms with Gasteiger partial charge in [0.1, 0.15) is 5.82 Å². The molecular weight excluding hydrogens is 388 g/mol. The van der Waals surface area contributed by atoms with Gasteiger partial charge in [-0.05, 0) is 12.8 Å². The number of anilines is 1. The molecule has 0 atom stereocenters. The number of nitrogens with one attached hydrogen (secondary N) is 2. The molecule has 1 saturated carbocycles. The Morgan fingerprint density at radius 3 is 2.79 bits per heavy atom. The predicted molar refractivity (Wildman–Crippen MR) is 116 cm³/mol. The van der Waals surface area contributed by atoms with Gasteiger partial charge in [-0.25, -0.2) is 14.6 Å². The molecule has 0 aliphatic heterocycles. The van der Waals surface area contributed by atoms with E-state index in [0.29, 0.717) is 31.5 Å². The summed E-state index contributed by atoms with van der Waals surface area (Å²) in [6.07, 6.45) is 7.38. The van der Waals surface area contributed by atoms with Crippen LogP contribution < -0.4 is 10.6 Å². The van der Waals surface area contributed by atoms with Crippen LogP contribution in [0.1, 0.15) is 46.0 Å². The molecule has 1 fully saturated rings. The average molecular weight is 421 g/mol. The van der Waals surface area contributed by atoms with Crippen LogP contribution in [-0.4, -0.2) is 57.7 Å². The molecular formula is C20H32N6O2S. The number of amides is 1. The Bertz CT molecular complexity index is 804. The SMILES string of the molecule is COCCNc1nc(SC(C)C)nc2c1cnn2CCNC(=O)C1CCCCC1. The van der Waals surface area contributed by atoms with Crippen LogP contribution in [0.25, 0.3) is 11.0 Å². The third-order valence-corrected chi connectivity index (χ3v) is 5.88. The molecule has 0 bridgehead atoms. The van der Waals surface area contributed by atoms with Gasteiger partial charge in [0, 0.05) is 31.4 Å². The first-order chi connectivity index (χ1) is 14.1. The molecule has 0 aromatic carbocycles. The summed E-state index contributed by atoms with van der Waals surface area (Å²) in [7, 11) is 1.68. The van der Waals surface area contributed by atoms with Gasteiger partial charge in [-0.15, -0.1) is 0 Å². The Hall–Kier alpha value is -1.87. The molecule has 8 nitrogen and oxygen atoms in total. The van der Waals surface area contributed by atoms with Crippen LogP contribution in [0.2, 0.25) is 0 Å². The van der Waals surface area contributed by atoms with Crippen molar-refractivity contribution < 1.29 is 9.53 Å². The number of carbonyl (C=O) groups excluding carboxylic acids is 1. The van der Waals surface area contributed by atoms with Crippen LogP contribution in [0, 0.1) is 5.92 Å². The second-order valence-electron chi connectivity index (χ2n) is 7.67. The summed E-state index contributed by atoms with van der Waals surface area (Å²) in [5, 5.41) is 12.9. The largest absolute Gasteiger partial charge is 0.383 e. The number of fused-ring (bicyclic) bond motifs is 1. The number of thioether (sulfide) groups is 1. The zero-order valence-corrected chi connectivity index (χ0v) is 18.4. The molecule has 160 valence electrons. The van der Waals surface area contributed by atoms with E-state index in [9.17, 15) is 4.79 Å². The lowest BCUT2D eigenvalue weighted by Gasteiger charge is -2.20. The number of rotatable bonds is 10. The maximum Gasteiger partial charge on any atom is 0.223 e. The summed E-state index contributed by atoms with van der Waals surface area (Å²) in [5.41, 5.74) is 0.787. The van der Waals surface area contributed by atoms with Gasteiger partial charge in [-0.1, -0.05) is 44.9 Å². The molecule has 2 heterocycles. The van der Waals surface area contributed by atoms with Gasteiger partial charge in [0.2, 0.25) is 5.91 Å². The highest BCUT2D eigenvalue weighted by atomic mass is 32.2. The Morgan fingerprint density at radius 1 is 1.28 bits per heavy atom. The minimum atomic E-state index is 0.172. The fourth-order valence-corrected chi connectivity index (χ4v) is 4.27. The third-order valence-electron chi connectivity index (χ3n) is 5.01. The lowest BCUT2D eigenvalue weighted by atomic mass is 9.89. The van der Waals surface area contributed by atoms with E-state index in [0.717, 1.165) is 47.7 Å². The van der Waals surface area contributed by atoms with Gasteiger partial charge < -0.3 is 15.4 Å². The highest BCUT2D eigenvalue weighted by molar-refractivity contribution is 7.99. The van der Waals surface area contributed by atoms with Gasteiger partial charge in [-0.2, -0.15) is 5.10 Å². The average Bonchev–Trinajstić information content (AvgIpc) is 3.11. The summed E-state index contributed by atoms with van der Waals surface area (Å²) < 4.78 is 6.98. The first-order valence-electron chi connectivity index (χ1n) is 10.5. The number of aromatic nitrogens is 4. The molecule has 1 amide bonds. The summed E-state index contributed by atoms with van der Waals surface area (Å²) in [6, 6.07) is 0. The summed E-state index contributed by atoms with van der Waals surface area (Å²) in [4.78, 5) is 21.8. The fourth-order valence-electron chi connectivity index (χ4n) is 3.56. The molecule has 1 aliphatic rings. The lowest BCUT2D eigenvalue weighted by Crippen LogP contribution is -2.34. The number of ether oxygens (including phenoxy) is 1. The zero-order chi connectivity index (χ0) is 20.6. The molecule has 29 heavy (non-hydrogen) atoms. The van der Waals surface area contributed by atoms with Crippen molar-refractivity contribution in [2.45, 2.75) is 62.9 Å². The van der Waals surface area contributed by atoms with E-state index in [1.165, 1.54) is 6.42 Å². The highest BCUT2D eigenvalue weighted by Gasteiger charge is 2.21. The van der Waals surface area contributed by atoms with E-state index in [1.54, 1.807) is 25.1 Å².